The van der Waals surface area contributed by atoms with Crippen LogP contribution in [-0.4, -0.2) is 0 Å². The number of hydrogen-bond acceptors (Lipinski definition) is 0. The minimum Gasteiger partial charge on any atom is -0.0773 e. The molecule has 3 rings (SSSR count). The lowest BCUT2D eigenvalue weighted by molar-refractivity contribution is 0.209. The number of allylic oxidation sites excluding steroid dienone is 2. The summed E-state index contributed by atoms with van der Waals surface area (Å²) < 4.78 is 0. The molecule has 0 bridgehead atoms. The molecule has 0 aliphatic heterocycles. The number of rotatable bonds is 1. The Morgan fingerprint density at radius 3 is 2.65 bits per heavy atom. The minimum atomic E-state index is 0.871. The summed E-state index contributed by atoms with van der Waals surface area (Å²) in [6.07, 6.45) is 9.61. The summed E-state index contributed by atoms with van der Waals surface area (Å²) in [5.41, 5.74) is 3.05. The minimum absolute atomic E-state index is 0.871. The zero-order valence-electron chi connectivity index (χ0n) is 10.7. The van der Waals surface area contributed by atoms with E-state index < -0.39 is 0 Å². The van der Waals surface area contributed by atoms with Crippen molar-refractivity contribution in [3.05, 3.63) is 42.0 Å². The molecule has 1 fully saturated rings. The van der Waals surface area contributed by atoms with Crippen LogP contribution in [0.4, 0.5) is 0 Å². The van der Waals surface area contributed by atoms with Crippen LogP contribution in [0.15, 0.2) is 36.4 Å². The molecule has 2 aliphatic carbocycles. The van der Waals surface area contributed by atoms with Gasteiger partial charge in [0.15, 0.2) is 0 Å². The van der Waals surface area contributed by atoms with Crippen molar-refractivity contribution in [3.8, 4) is 0 Å². The van der Waals surface area contributed by atoms with E-state index in [4.69, 9.17) is 0 Å². The van der Waals surface area contributed by atoms with Crippen molar-refractivity contribution in [2.75, 3.05) is 0 Å². The molecule has 0 radical (unpaired) electrons. The molecule has 3 unspecified atom stereocenters. The second-order valence-corrected chi connectivity index (χ2v) is 5.94. The van der Waals surface area contributed by atoms with E-state index in [2.05, 4.69) is 43.3 Å². The Morgan fingerprint density at radius 2 is 1.82 bits per heavy atom. The average Bonchev–Trinajstić information content (AvgIpc) is 2.39. The fourth-order valence-electron chi connectivity index (χ4n) is 3.65. The highest BCUT2D eigenvalue weighted by Crippen LogP contribution is 2.43. The van der Waals surface area contributed by atoms with Crippen molar-refractivity contribution < 1.29 is 0 Å². The highest BCUT2D eigenvalue weighted by Gasteiger charge is 2.30. The maximum atomic E-state index is 2.59. The molecule has 0 N–H and O–H groups in total. The molecule has 0 saturated heterocycles. The molecule has 0 heterocycles. The molecule has 2 aliphatic rings. The van der Waals surface area contributed by atoms with Gasteiger partial charge in [0.05, 0.1) is 0 Å². The van der Waals surface area contributed by atoms with Crippen LogP contribution in [0.1, 0.15) is 44.6 Å². The molecular weight excluding hydrogens is 204 g/mol. The van der Waals surface area contributed by atoms with Gasteiger partial charge in [-0.05, 0) is 54.6 Å². The lowest BCUT2D eigenvalue weighted by Crippen LogP contribution is -2.25. The predicted octanol–water partition coefficient (Wildman–Crippen LogP) is 4.92. The van der Waals surface area contributed by atoms with Crippen molar-refractivity contribution in [1.82, 2.24) is 0 Å². The molecule has 0 nitrogen and oxygen atoms in total. The first kappa shape index (κ1) is 11.1. The van der Waals surface area contributed by atoms with E-state index in [1.54, 1.807) is 5.57 Å². The Balaban J connectivity index is 1.81. The van der Waals surface area contributed by atoms with Gasteiger partial charge in [0, 0.05) is 0 Å². The fourth-order valence-corrected chi connectivity index (χ4v) is 3.65. The Bertz CT molecular complexity index is 401. The van der Waals surface area contributed by atoms with Crippen LogP contribution in [0, 0.1) is 17.8 Å². The number of benzene rings is 1. The SMILES string of the molecule is CC1CCC2C=C(c3ccccc3)CCC2C1. The van der Waals surface area contributed by atoms with Gasteiger partial charge in [-0.3, -0.25) is 0 Å². The van der Waals surface area contributed by atoms with Gasteiger partial charge in [0.2, 0.25) is 0 Å². The van der Waals surface area contributed by atoms with Gasteiger partial charge >= 0.3 is 0 Å². The van der Waals surface area contributed by atoms with Crippen molar-refractivity contribution in [2.24, 2.45) is 17.8 Å². The maximum Gasteiger partial charge on any atom is -0.0199 e. The van der Waals surface area contributed by atoms with Crippen molar-refractivity contribution in [1.29, 1.82) is 0 Å². The van der Waals surface area contributed by atoms with Crippen LogP contribution >= 0.6 is 0 Å². The zero-order chi connectivity index (χ0) is 11.7. The Labute approximate surface area is 105 Å². The first-order valence-corrected chi connectivity index (χ1v) is 7.09. The van der Waals surface area contributed by atoms with Gasteiger partial charge < -0.3 is 0 Å². The molecule has 1 aromatic rings. The molecule has 90 valence electrons. The van der Waals surface area contributed by atoms with E-state index in [-0.39, 0.29) is 0 Å². The van der Waals surface area contributed by atoms with Gasteiger partial charge in [-0.1, -0.05) is 49.8 Å². The van der Waals surface area contributed by atoms with E-state index in [1.165, 1.54) is 37.7 Å². The Morgan fingerprint density at radius 1 is 1.00 bits per heavy atom. The number of hydrogen-bond donors (Lipinski definition) is 0. The molecule has 0 spiro atoms. The van der Waals surface area contributed by atoms with Crippen molar-refractivity contribution in [2.45, 2.75) is 39.0 Å². The normalized spacial score (nSPS) is 32.8. The summed E-state index contributed by atoms with van der Waals surface area (Å²) in [5, 5.41) is 0. The van der Waals surface area contributed by atoms with Crippen LogP contribution in [0.25, 0.3) is 5.57 Å². The summed E-state index contributed by atoms with van der Waals surface area (Å²) in [7, 11) is 0. The van der Waals surface area contributed by atoms with E-state index >= 15 is 0 Å². The van der Waals surface area contributed by atoms with Gasteiger partial charge in [-0.25, -0.2) is 0 Å². The molecule has 0 aromatic heterocycles. The lowest BCUT2D eigenvalue weighted by Gasteiger charge is -2.37. The van der Waals surface area contributed by atoms with Gasteiger partial charge in [0.1, 0.15) is 0 Å². The van der Waals surface area contributed by atoms with Crippen molar-refractivity contribution >= 4 is 5.57 Å². The molecule has 1 aromatic carbocycles. The quantitative estimate of drug-likeness (QED) is 0.638. The molecule has 17 heavy (non-hydrogen) atoms. The van der Waals surface area contributed by atoms with E-state index in [0.29, 0.717) is 0 Å². The van der Waals surface area contributed by atoms with Crippen molar-refractivity contribution in [3.63, 3.8) is 0 Å². The molecule has 1 saturated carbocycles. The Hall–Kier alpha value is -1.04. The molecule has 0 heteroatoms. The monoisotopic (exact) mass is 226 g/mol. The van der Waals surface area contributed by atoms with Crippen LogP contribution in [0.5, 0.6) is 0 Å². The molecular formula is C17H22. The fraction of sp³-hybridized carbons (Fsp3) is 0.529. The van der Waals surface area contributed by atoms with Crippen LogP contribution in [-0.2, 0) is 0 Å². The lowest BCUT2D eigenvalue weighted by atomic mass is 9.68. The topological polar surface area (TPSA) is 0 Å². The third kappa shape index (κ3) is 2.31. The molecule has 3 atom stereocenters. The van der Waals surface area contributed by atoms with E-state index in [0.717, 1.165) is 17.8 Å². The second-order valence-electron chi connectivity index (χ2n) is 5.94. The van der Waals surface area contributed by atoms with E-state index in [1.807, 2.05) is 0 Å². The van der Waals surface area contributed by atoms with Crippen LogP contribution < -0.4 is 0 Å². The third-order valence-electron chi connectivity index (χ3n) is 4.65. The predicted molar refractivity (Wildman–Crippen MR) is 73.6 cm³/mol. The summed E-state index contributed by atoms with van der Waals surface area (Å²) in [6.45, 7) is 2.42. The number of fused-ring (bicyclic) bond motifs is 1. The second kappa shape index (κ2) is 4.68. The molecule has 0 amide bonds. The highest BCUT2D eigenvalue weighted by atomic mass is 14.3. The standard InChI is InChI=1S/C17H22/c1-13-7-8-17-12-16(10-9-15(17)11-13)14-5-3-2-4-6-14/h2-6,12-13,15,17H,7-11H2,1H3. The zero-order valence-corrected chi connectivity index (χ0v) is 10.7. The highest BCUT2D eigenvalue weighted by molar-refractivity contribution is 5.66. The first-order valence-electron chi connectivity index (χ1n) is 7.09. The van der Waals surface area contributed by atoms with Crippen LogP contribution in [0.3, 0.4) is 0 Å². The van der Waals surface area contributed by atoms with Gasteiger partial charge in [-0.15, -0.1) is 0 Å². The summed E-state index contributed by atoms with van der Waals surface area (Å²) in [6, 6.07) is 10.9. The maximum absolute atomic E-state index is 2.59. The average molecular weight is 226 g/mol. The largest absolute Gasteiger partial charge is 0.0773 e. The third-order valence-corrected chi connectivity index (χ3v) is 4.65. The smallest absolute Gasteiger partial charge is 0.0199 e. The van der Waals surface area contributed by atoms with Crippen LogP contribution in [0.2, 0.25) is 0 Å². The summed E-state index contributed by atoms with van der Waals surface area (Å²) in [5.74, 6) is 2.81. The summed E-state index contributed by atoms with van der Waals surface area (Å²) in [4.78, 5) is 0. The van der Waals surface area contributed by atoms with Gasteiger partial charge in [0.25, 0.3) is 0 Å². The first-order chi connectivity index (χ1) is 8.33. The Kier molecular flexibility index (Phi) is 3.05. The van der Waals surface area contributed by atoms with Gasteiger partial charge in [-0.2, -0.15) is 0 Å². The summed E-state index contributed by atoms with van der Waals surface area (Å²) >= 11 is 0. The van der Waals surface area contributed by atoms with E-state index in [9.17, 15) is 0 Å².